The predicted octanol–water partition coefficient (Wildman–Crippen LogP) is 4.70. The summed E-state index contributed by atoms with van der Waals surface area (Å²) in [5.41, 5.74) is 1.93. The maximum absolute atomic E-state index is 11.6. The van der Waals surface area contributed by atoms with Gasteiger partial charge in [0.15, 0.2) is 5.13 Å². The zero-order valence-electron chi connectivity index (χ0n) is 10.6. The van der Waals surface area contributed by atoms with Crippen LogP contribution in [0.4, 0.5) is 5.13 Å². The Balaban J connectivity index is 2.05. The van der Waals surface area contributed by atoms with Gasteiger partial charge in [0.2, 0.25) is 5.91 Å². The molecule has 0 saturated carbocycles. The first kappa shape index (κ1) is 14.2. The average molecular weight is 339 g/mol. The van der Waals surface area contributed by atoms with E-state index < -0.39 is 0 Å². The van der Waals surface area contributed by atoms with Crippen molar-refractivity contribution in [3.05, 3.63) is 34.1 Å². The van der Waals surface area contributed by atoms with Gasteiger partial charge in [0.05, 0.1) is 5.69 Å². The van der Waals surface area contributed by atoms with E-state index in [1.54, 1.807) is 0 Å². The molecular formula is C14H15BrN2OS. The highest BCUT2D eigenvalue weighted by Gasteiger charge is 2.07. The van der Waals surface area contributed by atoms with E-state index in [0.717, 1.165) is 28.6 Å². The number of nitrogens with zero attached hydrogens (tertiary/aromatic N) is 1. The summed E-state index contributed by atoms with van der Waals surface area (Å²) in [5.74, 6) is 0.0389. The Hall–Kier alpha value is -1.20. The number of carbonyl (C=O) groups is 1. The fourth-order valence-electron chi connectivity index (χ4n) is 1.63. The molecule has 1 heterocycles. The molecule has 1 amide bonds. The van der Waals surface area contributed by atoms with Crippen molar-refractivity contribution in [2.45, 2.75) is 26.2 Å². The first-order chi connectivity index (χ1) is 9.19. The minimum atomic E-state index is 0.0389. The van der Waals surface area contributed by atoms with Gasteiger partial charge in [0.25, 0.3) is 0 Å². The molecule has 0 bridgehead atoms. The number of aromatic nitrogens is 1. The van der Waals surface area contributed by atoms with Gasteiger partial charge >= 0.3 is 0 Å². The van der Waals surface area contributed by atoms with Crippen molar-refractivity contribution in [3.63, 3.8) is 0 Å². The molecule has 19 heavy (non-hydrogen) atoms. The number of carbonyl (C=O) groups excluding carboxylic acids is 1. The van der Waals surface area contributed by atoms with Crippen molar-refractivity contribution in [3.8, 4) is 11.3 Å². The molecule has 0 saturated heterocycles. The summed E-state index contributed by atoms with van der Waals surface area (Å²) >= 11 is 4.89. The fraction of sp³-hybridized carbons (Fsp3) is 0.286. The molecule has 2 rings (SSSR count). The van der Waals surface area contributed by atoms with Gasteiger partial charge in [0, 0.05) is 21.8 Å². The number of hydrogen-bond acceptors (Lipinski definition) is 3. The number of nitrogens with one attached hydrogen (secondary N) is 1. The van der Waals surface area contributed by atoms with Gasteiger partial charge in [-0.3, -0.25) is 4.79 Å². The molecule has 2 aromatic rings. The summed E-state index contributed by atoms with van der Waals surface area (Å²) < 4.78 is 1.02. The molecule has 1 aromatic heterocycles. The third-order valence-electron chi connectivity index (χ3n) is 2.63. The van der Waals surface area contributed by atoms with Crippen molar-refractivity contribution in [1.82, 2.24) is 4.98 Å². The lowest BCUT2D eigenvalue weighted by Crippen LogP contribution is -2.10. The number of thiazole rings is 1. The quantitative estimate of drug-likeness (QED) is 0.858. The van der Waals surface area contributed by atoms with Crippen LogP contribution in [0.3, 0.4) is 0 Å². The van der Waals surface area contributed by atoms with Crippen LogP contribution in [0.1, 0.15) is 26.2 Å². The third-order valence-corrected chi connectivity index (χ3v) is 3.88. The van der Waals surface area contributed by atoms with Crippen LogP contribution in [-0.2, 0) is 4.79 Å². The van der Waals surface area contributed by atoms with Crippen LogP contribution in [0.5, 0.6) is 0 Å². The Morgan fingerprint density at radius 3 is 3.05 bits per heavy atom. The predicted molar refractivity (Wildman–Crippen MR) is 83.4 cm³/mol. The summed E-state index contributed by atoms with van der Waals surface area (Å²) in [6, 6.07) is 7.96. The Kier molecular flexibility index (Phi) is 5.10. The minimum absolute atomic E-state index is 0.0389. The maximum atomic E-state index is 11.6. The summed E-state index contributed by atoms with van der Waals surface area (Å²) in [4.78, 5) is 16.1. The minimum Gasteiger partial charge on any atom is -0.302 e. The number of benzene rings is 1. The van der Waals surface area contributed by atoms with Crippen LogP contribution in [0.25, 0.3) is 11.3 Å². The summed E-state index contributed by atoms with van der Waals surface area (Å²) in [6.07, 6.45) is 2.49. The van der Waals surface area contributed by atoms with E-state index in [2.05, 4.69) is 33.2 Å². The Labute approximate surface area is 125 Å². The van der Waals surface area contributed by atoms with E-state index in [1.165, 1.54) is 11.3 Å². The van der Waals surface area contributed by atoms with Gasteiger partial charge in [-0.15, -0.1) is 11.3 Å². The summed E-state index contributed by atoms with van der Waals surface area (Å²) in [7, 11) is 0. The second kappa shape index (κ2) is 6.82. The van der Waals surface area contributed by atoms with E-state index in [4.69, 9.17) is 0 Å². The number of amides is 1. The third kappa shape index (κ3) is 4.14. The average Bonchev–Trinajstić information content (AvgIpc) is 2.85. The Morgan fingerprint density at radius 2 is 2.32 bits per heavy atom. The molecule has 1 N–H and O–H groups in total. The fourth-order valence-corrected chi connectivity index (χ4v) is 2.77. The molecule has 0 fully saturated rings. The van der Waals surface area contributed by atoms with Crippen molar-refractivity contribution in [2.75, 3.05) is 5.32 Å². The summed E-state index contributed by atoms with van der Waals surface area (Å²) in [5, 5.41) is 5.46. The van der Waals surface area contributed by atoms with Crippen molar-refractivity contribution in [2.24, 2.45) is 0 Å². The maximum Gasteiger partial charge on any atom is 0.226 e. The van der Waals surface area contributed by atoms with E-state index in [1.807, 2.05) is 29.6 Å². The van der Waals surface area contributed by atoms with Crippen LogP contribution in [0.2, 0.25) is 0 Å². The van der Waals surface area contributed by atoms with Crippen LogP contribution >= 0.6 is 27.3 Å². The SMILES string of the molecule is CCCCC(=O)Nc1nc(-c2cccc(Br)c2)cs1. The molecule has 1 aromatic carbocycles. The molecular weight excluding hydrogens is 324 g/mol. The largest absolute Gasteiger partial charge is 0.302 e. The summed E-state index contributed by atoms with van der Waals surface area (Å²) in [6.45, 7) is 2.07. The van der Waals surface area contributed by atoms with Gasteiger partial charge in [-0.05, 0) is 18.6 Å². The first-order valence-corrected chi connectivity index (χ1v) is 7.87. The molecule has 0 atom stereocenters. The normalized spacial score (nSPS) is 10.4. The number of hydrogen-bond donors (Lipinski definition) is 1. The highest BCUT2D eigenvalue weighted by molar-refractivity contribution is 9.10. The zero-order valence-corrected chi connectivity index (χ0v) is 13.1. The second-order valence-electron chi connectivity index (χ2n) is 4.20. The van der Waals surface area contributed by atoms with Crippen LogP contribution in [-0.4, -0.2) is 10.9 Å². The molecule has 0 radical (unpaired) electrons. The molecule has 3 nitrogen and oxygen atoms in total. The monoisotopic (exact) mass is 338 g/mol. The van der Waals surface area contributed by atoms with Gasteiger partial charge < -0.3 is 5.32 Å². The molecule has 0 spiro atoms. The lowest BCUT2D eigenvalue weighted by Gasteiger charge is -2.00. The van der Waals surface area contributed by atoms with Gasteiger partial charge in [-0.2, -0.15) is 0 Å². The van der Waals surface area contributed by atoms with Gasteiger partial charge in [-0.1, -0.05) is 41.4 Å². The molecule has 0 aliphatic heterocycles. The standard InChI is InChI=1S/C14H15BrN2OS/c1-2-3-7-13(18)17-14-16-12(9-19-14)10-5-4-6-11(15)8-10/h4-6,8-9H,2-3,7H2,1H3,(H,16,17,18). The topological polar surface area (TPSA) is 42.0 Å². The smallest absolute Gasteiger partial charge is 0.226 e. The molecule has 0 aliphatic carbocycles. The Morgan fingerprint density at radius 1 is 1.47 bits per heavy atom. The number of unbranched alkanes of at least 4 members (excludes halogenated alkanes) is 1. The van der Waals surface area contributed by atoms with Gasteiger partial charge in [0.1, 0.15) is 0 Å². The Bertz CT molecular complexity index is 568. The van der Waals surface area contributed by atoms with E-state index in [-0.39, 0.29) is 5.91 Å². The van der Waals surface area contributed by atoms with Crippen molar-refractivity contribution >= 4 is 38.3 Å². The van der Waals surface area contributed by atoms with Gasteiger partial charge in [-0.25, -0.2) is 4.98 Å². The van der Waals surface area contributed by atoms with Crippen LogP contribution < -0.4 is 5.32 Å². The lowest BCUT2D eigenvalue weighted by atomic mass is 10.2. The van der Waals surface area contributed by atoms with E-state index >= 15 is 0 Å². The van der Waals surface area contributed by atoms with Crippen LogP contribution in [0.15, 0.2) is 34.1 Å². The molecule has 100 valence electrons. The number of halogens is 1. The number of anilines is 1. The second-order valence-corrected chi connectivity index (χ2v) is 5.97. The number of rotatable bonds is 5. The first-order valence-electron chi connectivity index (χ1n) is 6.20. The zero-order chi connectivity index (χ0) is 13.7. The van der Waals surface area contributed by atoms with Crippen molar-refractivity contribution in [1.29, 1.82) is 0 Å². The van der Waals surface area contributed by atoms with Crippen molar-refractivity contribution < 1.29 is 4.79 Å². The van der Waals surface area contributed by atoms with E-state index in [0.29, 0.717) is 11.6 Å². The van der Waals surface area contributed by atoms with Crippen LogP contribution in [0, 0.1) is 0 Å². The molecule has 0 aliphatic rings. The highest BCUT2D eigenvalue weighted by atomic mass is 79.9. The molecule has 5 heteroatoms. The molecule has 0 unspecified atom stereocenters. The highest BCUT2D eigenvalue weighted by Crippen LogP contribution is 2.26. The van der Waals surface area contributed by atoms with E-state index in [9.17, 15) is 4.79 Å². The lowest BCUT2D eigenvalue weighted by molar-refractivity contribution is -0.116.